The first-order chi connectivity index (χ1) is 10.2. The van der Waals surface area contributed by atoms with Crippen LogP contribution in [0.3, 0.4) is 0 Å². The Morgan fingerprint density at radius 1 is 1.14 bits per heavy atom. The molecule has 0 heterocycles. The molecule has 2 rings (SSSR count). The Kier molecular flexibility index (Phi) is 5.29. The van der Waals surface area contributed by atoms with Gasteiger partial charge in [-0.1, -0.05) is 30.3 Å². The molecular weight excluding hydrogens is 271 g/mol. The van der Waals surface area contributed by atoms with Crippen LogP contribution in [0.15, 0.2) is 48.5 Å². The van der Waals surface area contributed by atoms with Crippen LogP contribution in [0.25, 0.3) is 0 Å². The number of amides is 1. The Bertz CT molecular complexity index is 617. The van der Waals surface area contributed by atoms with Crippen molar-refractivity contribution in [2.75, 3.05) is 19.0 Å². The molecule has 5 heteroatoms. The predicted molar refractivity (Wildman–Crippen MR) is 79.7 cm³/mol. The van der Waals surface area contributed by atoms with Crippen LogP contribution in [0.4, 0.5) is 10.1 Å². The van der Waals surface area contributed by atoms with Gasteiger partial charge in [-0.05, 0) is 18.2 Å². The quantitative estimate of drug-likeness (QED) is 0.859. The number of halogens is 1. The largest absolute Gasteiger partial charge is 0.495 e. The Morgan fingerprint density at radius 3 is 2.62 bits per heavy atom. The molecule has 0 aliphatic carbocycles. The molecule has 0 bridgehead atoms. The molecule has 0 atom stereocenters. The van der Waals surface area contributed by atoms with E-state index in [1.807, 2.05) is 12.1 Å². The van der Waals surface area contributed by atoms with E-state index in [9.17, 15) is 9.18 Å². The van der Waals surface area contributed by atoms with Gasteiger partial charge in [0.15, 0.2) is 0 Å². The molecule has 21 heavy (non-hydrogen) atoms. The van der Waals surface area contributed by atoms with E-state index >= 15 is 0 Å². The van der Waals surface area contributed by atoms with Gasteiger partial charge >= 0.3 is 0 Å². The third-order valence-electron chi connectivity index (χ3n) is 2.94. The number of methoxy groups -OCH3 is 1. The molecule has 0 saturated carbocycles. The summed E-state index contributed by atoms with van der Waals surface area (Å²) in [5.41, 5.74) is 1.14. The lowest BCUT2D eigenvalue weighted by molar-refractivity contribution is -0.115. The number of hydrogen-bond acceptors (Lipinski definition) is 3. The maximum atomic E-state index is 13.4. The van der Waals surface area contributed by atoms with Crippen molar-refractivity contribution in [3.8, 4) is 5.75 Å². The van der Waals surface area contributed by atoms with Crippen molar-refractivity contribution in [3.63, 3.8) is 0 Å². The van der Waals surface area contributed by atoms with Crippen LogP contribution < -0.4 is 15.4 Å². The van der Waals surface area contributed by atoms with Crippen molar-refractivity contribution < 1.29 is 13.9 Å². The summed E-state index contributed by atoms with van der Waals surface area (Å²) < 4.78 is 18.6. The van der Waals surface area contributed by atoms with Gasteiger partial charge in [0.05, 0.1) is 19.3 Å². The molecule has 0 spiro atoms. The van der Waals surface area contributed by atoms with Crippen LogP contribution in [0.1, 0.15) is 5.56 Å². The molecule has 0 unspecified atom stereocenters. The summed E-state index contributed by atoms with van der Waals surface area (Å²) in [5, 5.41) is 5.65. The van der Waals surface area contributed by atoms with Crippen LogP contribution in [-0.2, 0) is 11.3 Å². The lowest BCUT2D eigenvalue weighted by Crippen LogP contribution is -2.28. The number of ether oxygens (including phenoxy) is 1. The topological polar surface area (TPSA) is 50.4 Å². The normalized spacial score (nSPS) is 10.2. The SMILES string of the molecule is COc1ccccc1NC(=O)CNCc1ccccc1F. The Hall–Kier alpha value is -2.40. The van der Waals surface area contributed by atoms with Crippen LogP contribution in [0, 0.1) is 5.82 Å². The minimum atomic E-state index is -0.282. The fourth-order valence-corrected chi connectivity index (χ4v) is 1.89. The van der Waals surface area contributed by atoms with Gasteiger partial charge in [0.2, 0.25) is 5.91 Å². The molecule has 0 aromatic heterocycles. The van der Waals surface area contributed by atoms with E-state index in [1.54, 1.807) is 37.4 Å². The van der Waals surface area contributed by atoms with Gasteiger partial charge in [0, 0.05) is 12.1 Å². The van der Waals surface area contributed by atoms with E-state index in [2.05, 4.69) is 10.6 Å². The minimum absolute atomic E-state index is 0.0897. The lowest BCUT2D eigenvalue weighted by Gasteiger charge is -2.10. The summed E-state index contributed by atoms with van der Waals surface area (Å²) in [6.07, 6.45) is 0. The number of hydrogen-bond donors (Lipinski definition) is 2. The van der Waals surface area contributed by atoms with Gasteiger partial charge in [-0.15, -0.1) is 0 Å². The summed E-state index contributed by atoms with van der Waals surface area (Å²) in [5.74, 6) is 0.103. The van der Waals surface area contributed by atoms with Crippen molar-refractivity contribution >= 4 is 11.6 Å². The van der Waals surface area contributed by atoms with Crippen molar-refractivity contribution in [2.45, 2.75) is 6.54 Å². The van der Waals surface area contributed by atoms with Crippen LogP contribution >= 0.6 is 0 Å². The second-order valence-corrected chi connectivity index (χ2v) is 4.44. The smallest absolute Gasteiger partial charge is 0.238 e. The molecule has 0 aliphatic rings. The van der Waals surface area contributed by atoms with E-state index in [0.29, 0.717) is 23.5 Å². The number of carbonyl (C=O) groups is 1. The number of rotatable bonds is 6. The van der Waals surface area contributed by atoms with E-state index in [1.165, 1.54) is 6.07 Å². The summed E-state index contributed by atoms with van der Waals surface area (Å²) in [4.78, 5) is 11.8. The number of anilines is 1. The van der Waals surface area contributed by atoms with Gasteiger partial charge < -0.3 is 15.4 Å². The Morgan fingerprint density at radius 2 is 1.86 bits per heavy atom. The molecule has 0 aliphatic heterocycles. The highest BCUT2D eigenvalue weighted by Gasteiger charge is 2.07. The zero-order valence-corrected chi connectivity index (χ0v) is 11.7. The van der Waals surface area contributed by atoms with Crippen molar-refractivity contribution in [3.05, 3.63) is 59.9 Å². The minimum Gasteiger partial charge on any atom is -0.495 e. The van der Waals surface area contributed by atoms with Gasteiger partial charge in [-0.3, -0.25) is 4.79 Å². The van der Waals surface area contributed by atoms with E-state index in [0.717, 1.165) is 0 Å². The lowest BCUT2D eigenvalue weighted by atomic mass is 10.2. The molecule has 0 saturated heterocycles. The van der Waals surface area contributed by atoms with Crippen LogP contribution in [0.5, 0.6) is 5.75 Å². The molecule has 4 nitrogen and oxygen atoms in total. The molecular formula is C16H17FN2O2. The second kappa shape index (κ2) is 7.40. The molecule has 2 N–H and O–H groups in total. The molecule has 0 fully saturated rings. The third kappa shape index (κ3) is 4.29. The third-order valence-corrected chi connectivity index (χ3v) is 2.94. The maximum Gasteiger partial charge on any atom is 0.238 e. The summed E-state index contributed by atoms with van der Waals surface area (Å²) in [7, 11) is 1.54. The van der Waals surface area contributed by atoms with Crippen LogP contribution in [0.2, 0.25) is 0 Å². The highest BCUT2D eigenvalue weighted by molar-refractivity contribution is 5.93. The molecule has 110 valence electrons. The summed E-state index contributed by atoms with van der Waals surface area (Å²) in [6, 6.07) is 13.6. The number of para-hydroxylation sites is 2. The fraction of sp³-hybridized carbons (Fsp3) is 0.188. The fourth-order valence-electron chi connectivity index (χ4n) is 1.89. The van der Waals surface area contributed by atoms with Gasteiger partial charge in [-0.2, -0.15) is 0 Å². The summed E-state index contributed by atoms with van der Waals surface area (Å²) >= 11 is 0. The average Bonchev–Trinajstić information content (AvgIpc) is 2.50. The maximum absolute atomic E-state index is 13.4. The summed E-state index contributed by atoms with van der Waals surface area (Å²) in [6.45, 7) is 0.387. The first-order valence-electron chi connectivity index (χ1n) is 6.57. The number of benzene rings is 2. The zero-order valence-electron chi connectivity index (χ0n) is 11.7. The van der Waals surface area contributed by atoms with Crippen molar-refractivity contribution in [1.29, 1.82) is 0 Å². The Labute approximate surface area is 122 Å². The number of carbonyl (C=O) groups excluding carboxylic acids is 1. The van der Waals surface area contributed by atoms with Crippen LogP contribution in [-0.4, -0.2) is 19.6 Å². The Balaban J connectivity index is 1.84. The molecule has 2 aromatic rings. The second-order valence-electron chi connectivity index (χ2n) is 4.44. The highest BCUT2D eigenvalue weighted by atomic mass is 19.1. The average molecular weight is 288 g/mol. The zero-order chi connectivity index (χ0) is 15.1. The van der Waals surface area contributed by atoms with E-state index in [-0.39, 0.29) is 18.3 Å². The standard InChI is InChI=1S/C16H17FN2O2/c1-21-15-9-5-4-8-14(15)19-16(20)11-18-10-12-6-2-3-7-13(12)17/h2-9,18H,10-11H2,1H3,(H,19,20). The molecule has 0 radical (unpaired) electrons. The highest BCUT2D eigenvalue weighted by Crippen LogP contribution is 2.22. The molecule has 1 amide bonds. The molecule has 2 aromatic carbocycles. The van der Waals surface area contributed by atoms with E-state index < -0.39 is 0 Å². The van der Waals surface area contributed by atoms with Gasteiger partial charge in [0.1, 0.15) is 11.6 Å². The number of nitrogens with one attached hydrogen (secondary N) is 2. The first kappa shape index (κ1) is 15.0. The first-order valence-corrected chi connectivity index (χ1v) is 6.57. The van der Waals surface area contributed by atoms with Gasteiger partial charge in [0.25, 0.3) is 0 Å². The predicted octanol–water partition coefficient (Wildman–Crippen LogP) is 2.56. The van der Waals surface area contributed by atoms with Crippen molar-refractivity contribution in [1.82, 2.24) is 5.32 Å². The van der Waals surface area contributed by atoms with E-state index in [4.69, 9.17) is 4.74 Å². The monoisotopic (exact) mass is 288 g/mol. The van der Waals surface area contributed by atoms with Gasteiger partial charge in [-0.25, -0.2) is 4.39 Å². The van der Waals surface area contributed by atoms with Crippen molar-refractivity contribution in [2.24, 2.45) is 0 Å².